The van der Waals surface area contributed by atoms with Crippen LogP contribution in [-0.2, 0) is 19.7 Å². The molecule has 0 aliphatic carbocycles. The summed E-state index contributed by atoms with van der Waals surface area (Å²) in [6.07, 6.45) is 0. The summed E-state index contributed by atoms with van der Waals surface area (Å²) < 4.78 is 7.37. The zero-order valence-corrected chi connectivity index (χ0v) is 13.9. The molecule has 3 rings (SSSR count). The monoisotopic (exact) mass is 337 g/mol. The molecule has 3 aromatic rings. The second kappa shape index (κ2) is 8.05. The van der Waals surface area contributed by atoms with E-state index in [1.807, 2.05) is 37.3 Å². The molecule has 0 spiro atoms. The van der Waals surface area contributed by atoms with Crippen molar-refractivity contribution in [3.05, 3.63) is 71.5 Å². The average Bonchev–Trinajstić information content (AvgIpc) is 3.13. The summed E-state index contributed by atoms with van der Waals surface area (Å²) in [5.41, 5.74) is 1.60. The highest BCUT2D eigenvalue weighted by Gasteiger charge is 2.09. The van der Waals surface area contributed by atoms with Crippen molar-refractivity contribution in [3.8, 4) is 5.75 Å². The van der Waals surface area contributed by atoms with E-state index < -0.39 is 0 Å². The molecule has 0 aliphatic heterocycles. The van der Waals surface area contributed by atoms with E-state index in [4.69, 9.17) is 4.74 Å². The van der Waals surface area contributed by atoms with E-state index >= 15 is 0 Å². The van der Waals surface area contributed by atoms with E-state index in [-0.39, 0.29) is 12.5 Å². The first-order valence-electron chi connectivity index (χ1n) is 8.06. The average molecular weight is 337 g/mol. The number of tetrazole rings is 1. The Morgan fingerprint density at radius 2 is 2.00 bits per heavy atom. The van der Waals surface area contributed by atoms with Gasteiger partial charge < -0.3 is 10.1 Å². The summed E-state index contributed by atoms with van der Waals surface area (Å²) in [5.74, 6) is 1.09. The minimum absolute atomic E-state index is 0.146. The maximum absolute atomic E-state index is 12.3. The lowest BCUT2D eigenvalue weighted by Gasteiger charge is -2.09. The van der Waals surface area contributed by atoms with Crippen LogP contribution in [0.5, 0.6) is 5.75 Å². The van der Waals surface area contributed by atoms with Crippen LogP contribution in [-0.4, -0.2) is 26.1 Å². The molecule has 128 valence electrons. The smallest absolute Gasteiger partial charge is 0.251 e. The molecule has 0 bridgehead atoms. The van der Waals surface area contributed by atoms with Gasteiger partial charge in [0.1, 0.15) is 12.4 Å². The van der Waals surface area contributed by atoms with Gasteiger partial charge in [-0.1, -0.05) is 36.4 Å². The zero-order chi connectivity index (χ0) is 17.5. The number of carbonyl (C=O) groups excluding carboxylic acids is 1. The normalized spacial score (nSPS) is 10.4. The van der Waals surface area contributed by atoms with Gasteiger partial charge in [0, 0.05) is 18.7 Å². The first-order chi connectivity index (χ1) is 12.3. The minimum Gasteiger partial charge on any atom is -0.486 e. The van der Waals surface area contributed by atoms with E-state index in [1.54, 1.807) is 28.9 Å². The molecule has 0 saturated heterocycles. The molecule has 0 radical (unpaired) electrons. The molecule has 1 amide bonds. The van der Waals surface area contributed by atoms with Crippen LogP contribution in [0, 0.1) is 0 Å². The van der Waals surface area contributed by atoms with Crippen molar-refractivity contribution in [1.82, 2.24) is 25.5 Å². The van der Waals surface area contributed by atoms with Gasteiger partial charge in [-0.15, -0.1) is 5.10 Å². The van der Waals surface area contributed by atoms with Crippen molar-refractivity contribution < 1.29 is 9.53 Å². The maximum atomic E-state index is 12.3. The predicted molar refractivity (Wildman–Crippen MR) is 91.9 cm³/mol. The third-order valence-electron chi connectivity index (χ3n) is 3.67. The number of nitrogens with one attached hydrogen (secondary N) is 1. The minimum atomic E-state index is -0.146. The van der Waals surface area contributed by atoms with Crippen LogP contribution >= 0.6 is 0 Å². The fraction of sp³-hybridized carbons (Fsp3) is 0.222. The molecule has 0 unspecified atom stereocenters. The van der Waals surface area contributed by atoms with Crippen molar-refractivity contribution in [2.24, 2.45) is 0 Å². The van der Waals surface area contributed by atoms with Crippen LogP contribution in [0.2, 0.25) is 0 Å². The molecular formula is C18H19N5O2. The second-order valence-corrected chi connectivity index (χ2v) is 5.40. The van der Waals surface area contributed by atoms with Crippen LogP contribution in [0.3, 0.4) is 0 Å². The second-order valence-electron chi connectivity index (χ2n) is 5.40. The Morgan fingerprint density at radius 3 is 2.80 bits per heavy atom. The first-order valence-corrected chi connectivity index (χ1v) is 8.06. The molecule has 7 heteroatoms. The lowest BCUT2D eigenvalue weighted by Crippen LogP contribution is -2.22. The Bertz CT molecular complexity index is 832. The van der Waals surface area contributed by atoms with Crippen molar-refractivity contribution >= 4 is 5.91 Å². The molecule has 0 atom stereocenters. The number of rotatable bonds is 7. The molecule has 1 N–H and O–H groups in total. The van der Waals surface area contributed by atoms with Crippen molar-refractivity contribution in [3.63, 3.8) is 0 Å². The molecule has 0 aliphatic rings. The summed E-state index contributed by atoms with van der Waals surface area (Å²) in [6, 6.07) is 16.8. The Hall–Kier alpha value is -3.22. The third-order valence-corrected chi connectivity index (χ3v) is 3.67. The summed E-state index contributed by atoms with van der Waals surface area (Å²) >= 11 is 0. The van der Waals surface area contributed by atoms with Crippen molar-refractivity contribution in [2.45, 2.75) is 26.6 Å². The topological polar surface area (TPSA) is 81.9 Å². The van der Waals surface area contributed by atoms with E-state index in [9.17, 15) is 4.79 Å². The molecular weight excluding hydrogens is 318 g/mol. The van der Waals surface area contributed by atoms with Crippen LogP contribution < -0.4 is 10.1 Å². The van der Waals surface area contributed by atoms with E-state index in [2.05, 4.69) is 20.8 Å². The Labute approximate surface area is 145 Å². The molecule has 1 heterocycles. The maximum Gasteiger partial charge on any atom is 0.251 e. The number of carbonyl (C=O) groups is 1. The lowest BCUT2D eigenvalue weighted by molar-refractivity contribution is 0.0950. The van der Waals surface area contributed by atoms with Gasteiger partial charge in [0.2, 0.25) is 0 Å². The lowest BCUT2D eigenvalue weighted by atomic mass is 10.2. The van der Waals surface area contributed by atoms with Crippen LogP contribution in [0.25, 0.3) is 0 Å². The predicted octanol–water partition coefficient (Wildman–Crippen LogP) is 2.20. The van der Waals surface area contributed by atoms with Gasteiger partial charge >= 0.3 is 0 Å². The fourth-order valence-electron chi connectivity index (χ4n) is 2.33. The van der Waals surface area contributed by atoms with Crippen molar-refractivity contribution in [1.29, 1.82) is 0 Å². The van der Waals surface area contributed by atoms with Crippen LogP contribution in [0.1, 0.15) is 28.7 Å². The summed E-state index contributed by atoms with van der Waals surface area (Å²) in [5, 5.41) is 14.3. The van der Waals surface area contributed by atoms with E-state index in [1.165, 1.54) is 0 Å². The fourth-order valence-corrected chi connectivity index (χ4v) is 2.33. The number of aryl methyl sites for hydroxylation is 1. The number of ether oxygens (including phenoxy) is 1. The standard InChI is InChI=1S/C18H19N5O2/c1-2-23-17(20-21-22-23)13-25-16-10-6-9-15(11-16)18(24)19-12-14-7-4-3-5-8-14/h3-11H,2,12-13H2,1H3,(H,19,24). The molecule has 25 heavy (non-hydrogen) atoms. The number of amides is 1. The van der Waals surface area contributed by atoms with E-state index in [0.29, 0.717) is 30.2 Å². The Morgan fingerprint density at radius 1 is 1.16 bits per heavy atom. The highest BCUT2D eigenvalue weighted by molar-refractivity contribution is 5.94. The quantitative estimate of drug-likeness (QED) is 0.715. The summed E-state index contributed by atoms with van der Waals surface area (Å²) in [7, 11) is 0. The van der Waals surface area contributed by atoms with Gasteiger partial charge in [-0.3, -0.25) is 4.79 Å². The molecule has 0 fully saturated rings. The Balaban J connectivity index is 1.59. The van der Waals surface area contributed by atoms with Gasteiger partial charge in [-0.2, -0.15) is 0 Å². The number of hydrogen-bond acceptors (Lipinski definition) is 5. The van der Waals surface area contributed by atoms with Crippen LogP contribution in [0.15, 0.2) is 54.6 Å². The first kappa shape index (κ1) is 16.6. The molecule has 7 nitrogen and oxygen atoms in total. The van der Waals surface area contributed by atoms with Gasteiger partial charge in [-0.25, -0.2) is 4.68 Å². The number of benzene rings is 2. The highest BCUT2D eigenvalue weighted by Crippen LogP contribution is 2.15. The molecule has 1 aromatic heterocycles. The van der Waals surface area contributed by atoms with Gasteiger partial charge in [0.15, 0.2) is 5.82 Å². The van der Waals surface area contributed by atoms with Gasteiger partial charge in [-0.05, 0) is 41.1 Å². The molecule has 0 saturated carbocycles. The van der Waals surface area contributed by atoms with Gasteiger partial charge in [0.25, 0.3) is 5.91 Å². The van der Waals surface area contributed by atoms with E-state index in [0.717, 1.165) is 5.56 Å². The van der Waals surface area contributed by atoms with Crippen LogP contribution in [0.4, 0.5) is 0 Å². The Kier molecular flexibility index (Phi) is 5.36. The molecule has 2 aromatic carbocycles. The summed E-state index contributed by atoms with van der Waals surface area (Å²) in [4.78, 5) is 12.3. The SMILES string of the molecule is CCn1nnnc1COc1cccc(C(=O)NCc2ccccc2)c1. The number of aromatic nitrogens is 4. The summed E-state index contributed by atoms with van der Waals surface area (Å²) in [6.45, 7) is 3.36. The zero-order valence-electron chi connectivity index (χ0n) is 13.9. The largest absolute Gasteiger partial charge is 0.486 e. The number of nitrogens with zero attached hydrogens (tertiary/aromatic N) is 4. The number of hydrogen-bond donors (Lipinski definition) is 1. The third kappa shape index (κ3) is 4.41. The van der Waals surface area contributed by atoms with Gasteiger partial charge in [0.05, 0.1) is 0 Å². The van der Waals surface area contributed by atoms with Crippen molar-refractivity contribution in [2.75, 3.05) is 0 Å². The highest BCUT2D eigenvalue weighted by atomic mass is 16.5.